The summed E-state index contributed by atoms with van der Waals surface area (Å²) in [7, 11) is 1.56. The first-order valence-corrected chi connectivity index (χ1v) is 9.75. The number of phenolic OH excluding ortho intramolecular Hbond substituents is 1. The number of benzene rings is 1. The summed E-state index contributed by atoms with van der Waals surface area (Å²) in [6, 6.07) is 5.80. The highest BCUT2D eigenvalue weighted by Crippen LogP contribution is 2.31. The molecule has 2 aromatic rings. The van der Waals surface area contributed by atoms with Crippen LogP contribution in [0, 0.1) is 5.92 Å². The zero-order chi connectivity index (χ0) is 20.1. The van der Waals surface area contributed by atoms with Gasteiger partial charge >= 0.3 is 0 Å². The molecule has 8 heteroatoms. The van der Waals surface area contributed by atoms with Crippen molar-refractivity contribution in [3.8, 4) is 11.5 Å². The molecular weight excluding hydrogens is 358 g/mol. The van der Waals surface area contributed by atoms with E-state index in [1.807, 2.05) is 16.8 Å². The van der Waals surface area contributed by atoms with Crippen molar-refractivity contribution in [3.05, 3.63) is 35.7 Å². The van der Waals surface area contributed by atoms with Gasteiger partial charge in [0.25, 0.3) is 5.91 Å². The lowest BCUT2D eigenvalue weighted by Crippen LogP contribution is -2.34. The Bertz CT molecular complexity index is 797. The molecule has 1 aromatic carbocycles. The largest absolute Gasteiger partial charge is 0.504 e. The highest BCUT2D eigenvalue weighted by atomic mass is 16.5. The number of nitrogens with one attached hydrogen (secondary N) is 1. The fourth-order valence-corrected chi connectivity index (χ4v) is 3.39. The van der Waals surface area contributed by atoms with Crippen molar-refractivity contribution < 1.29 is 14.6 Å². The van der Waals surface area contributed by atoms with Crippen LogP contribution in [0.1, 0.15) is 48.8 Å². The lowest BCUT2D eigenvalue weighted by atomic mass is 10.0. The Kier molecular flexibility index (Phi) is 6.51. The molecule has 152 valence electrons. The van der Waals surface area contributed by atoms with E-state index in [-0.39, 0.29) is 17.7 Å². The molecule has 1 saturated heterocycles. The zero-order valence-electron chi connectivity index (χ0n) is 16.8. The van der Waals surface area contributed by atoms with Crippen LogP contribution in [0.3, 0.4) is 0 Å². The lowest BCUT2D eigenvalue weighted by molar-refractivity contribution is 0.0944. The summed E-state index contributed by atoms with van der Waals surface area (Å²) in [6.45, 7) is 7.18. The molecule has 0 bridgehead atoms. The molecule has 0 saturated carbocycles. The Balaban J connectivity index is 1.54. The van der Waals surface area contributed by atoms with Gasteiger partial charge in [0.2, 0.25) is 0 Å². The maximum atomic E-state index is 12.1. The average molecular weight is 387 g/mol. The molecule has 28 heavy (non-hydrogen) atoms. The first-order valence-electron chi connectivity index (χ1n) is 9.75. The molecule has 0 atom stereocenters. The molecule has 0 aliphatic carbocycles. The number of para-hydroxylation sites is 1. The molecule has 1 aliphatic rings. The normalized spacial score (nSPS) is 15.7. The second-order valence-corrected chi connectivity index (χ2v) is 7.66. The van der Waals surface area contributed by atoms with Crippen LogP contribution in [0.4, 0.5) is 0 Å². The second kappa shape index (κ2) is 9.05. The number of phenols is 1. The fourth-order valence-electron chi connectivity index (χ4n) is 3.39. The van der Waals surface area contributed by atoms with E-state index in [9.17, 15) is 9.90 Å². The Morgan fingerprint density at radius 1 is 1.36 bits per heavy atom. The van der Waals surface area contributed by atoms with E-state index < -0.39 is 0 Å². The number of piperidine rings is 1. The number of ether oxygens (including phenoxy) is 1. The van der Waals surface area contributed by atoms with Crippen molar-refractivity contribution >= 4 is 5.91 Å². The monoisotopic (exact) mass is 387 g/mol. The number of carbonyl (C=O) groups is 1. The lowest BCUT2D eigenvalue weighted by Gasteiger charge is -2.31. The van der Waals surface area contributed by atoms with Gasteiger partial charge in [0.05, 0.1) is 19.3 Å². The number of aromatic hydroxyl groups is 1. The first kappa shape index (κ1) is 20.1. The number of rotatable bonds is 7. The van der Waals surface area contributed by atoms with Crippen LogP contribution in [0.15, 0.2) is 24.4 Å². The summed E-state index contributed by atoms with van der Waals surface area (Å²) in [5, 5.41) is 21.3. The summed E-state index contributed by atoms with van der Waals surface area (Å²) in [4.78, 5) is 14.4. The molecule has 1 amide bonds. The maximum Gasteiger partial charge on any atom is 0.273 e. The third kappa shape index (κ3) is 4.81. The predicted molar refractivity (Wildman–Crippen MR) is 105 cm³/mol. The molecular formula is C20H29N5O3. The fraction of sp³-hybridized carbons (Fsp3) is 0.550. The van der Waals surface area contributed by atoms with Crippen LogP contribution in [0.5, 0.6) is 11.5 Å². The minimum absolute atomic E-state index is 0.175. The van der Waals surface area contributed by atoms with E-state index in [1.54, 1.807) is 19.4 Å². The highest BCUT2D eigenvalue weighted by molar-refractivity contribution is 5.91. The standard InChI is InChI=1S/C20H29N5O3/c1-14(2)11-21-20(27)17-13-25(23-22-17)16-7-9-24(10-8-16)12-15-5-4-6-18(28-3)19(15)26/h4-6,13-14,16,26H,7-12H2,1-3H3,(H,21,27). The van der Waals surface area contributed by atoms with Gasteiger partial charge in [-0.15, -0.1) is 5.10 Å². The molecule has 1 fully saturated rings. The Hall–Kier alpha value is -2.61. The van der Waals surface area contributed by atoms with Crippen molar-refractivity contribution in [3.63, 3.8) is 0 Å². The quantitative estimate of drug-likeness (QED) is 0.757. The third-order valence-electron chi connectivity index (χ3n) is 5.04. The van der Waals surface area contributed by atoms with Crippen molar-refractivity contribution in [2.75, 3.05) is 26.7 Å². The van der Waals surface area contributed by atoms with E-state index in [2.05, 4.69) is 34.4 Å². The smallest absolute Gasteiger partial charge is 0.273 e. The molecule has 1 aromatic heterocycles. The number of carbonyl (C=O) groups excluding carboxylic acids is 1. The predicted octanol–water partition coefficient (Wildman–Crippen LogP) is 2.22. The van der Waals surface area contributed by atoms with Gasteiger partial charge in [0.1, 0.15) is 0 Å². The molecule has 1 aliphatic heterocycles. The average Bonchev–Trinajstić information content (AvgIpc) is 3.18. The first-order chi connectivity index (χ1) is 13.5. The molecule has 2 N–H and O–H groups in total. The maximum absolute atomic E-state index is 12.1. The van der Waals surface area contributed by atoms with Crippen LogP contribution in [0.2, 0.25) is 0 Å². The summed E-state index contributed by atoms with van der Waals surface area (Å²) < 4.78 is 6.99. The van der Waals surface area contributed by atoms with Gasteiger partial charge in [-0.25, -0.2) is 4.68 Å². The van der Waals surface area contributed by atoms with Crippen LogP contribution in [0.25, 0.3) is 0 Å². The Morgan fingerprint density at radius 3 is 2.79 bits per heavy atom. The summed E-state index contributed by atoms with van der Waals surface area (Å²) in [6.07, 6.45) is 3.58. The molecule has 0 spiro atoms. The van der Waals surface area contributed by atoms with Gasteiger partial charge < -0.3 is 15.2 Å². The number of amides is 1. The molecule has 2 heterocycles. The minimum Gasteiger partial charge on any atom is -0.504 e. The van der Waals surface area contributed by atoms with Crippen LogP contribution in [-0.2, 0) is 6.54 Å². The van der Waals surface area contributed by atoms with Crippen LogP contribution in [-0.4, -0.2) is 57.7 Å². The zero-order valence-corrected chi connectivity index (χ0v) is 16.8. The number of likely N-dealkylation sites (tertiary alicyclic amines) is 1. The van der Waals surface area contributed by atoms with E-state index in [4.69, 9.17) is 4.74 Å². The van der Waals surface area contributed by atoms with Crippen molar-refractivity contribution in [2.24, 2.45) is 5.92 Å². The van der Waals surface area contributed by atoms with Crippen molar-refractivity contribution in [2.45, 2.75) is 39.3 Å². The number of nitrogens with zero attached hydrogens (tertiary/aromatic N) is 4. The number of methoxy groups -OCH3 is 1. The van der Waals surface area contributed by atoms with Gasteiger partial charge in [-0.3, -0.25) is 9.69 Å². The van der Waals surface area contributed by atoms with Gasteiger partial charge in [-0.2, -0.15) is 0 Å². The number of aromatic nitrogens is 3. The number of hydrogen-bond acceptors (Lipinski definition) is 6. The summed E-state index contributed by atoms with van der Waals surface area (Å²) in [5.74, 6) is 0.928. The molecule has 0 unspecified atom stereocenters. The summed E-state index contributed by atoms with van der Waals surface area (Å²) in [5.41, 5.74) is 1.23. The van der Waals surface area contributed by atoms with Crippen molar-refractivity contribution in [1.82, 2.24) is 25.2 Å². The van der Waals surface area contributed by atoms with E-state index >= 15 is 0 Å². The van der Waals surface area contributed by atoms with Gasteiger partial charge in [-0.05, 0) is 24.8 Å². The highest BCUT2D eigenvalue weighted by Gasteiger charge is 2.23. The Labute approximate surface area is 165 Å². The van der Waals surface area contributed by atoms with E-state index in [1.165, 1.54) is 0 Å². The number of hydrogen-bond donors (Lipinski definition) is 2. The van der Waals surface area contributed by atoms with Gasteiger partial charge in [0, 0.05) is 31.7 Å². The second-order valence-electron chi connectivity index (χ2n) is 7.66. The summed E-state index contributed by atoms with van der Waals surface area (Å²) >= 11 is 0. The van der Waals surface area contributed by atoms with E-state index in [0.717, 1.165) is 31.5 Å². The van der Waals surface area contributed by atoms with Gasteiger partial charge in [-0.1, -0.05) is 31.2 Å². The van der Waals surface area contributed by atoms with Gasteiger partial charge in [0.15, 0.2) is 17.2 Å². The molecule has 3 rings (SSSR count). The van der Waals surface area contributed by atoms with Crippen LogP contribution < -0.4 is 10.1 Å². The minimum atomic E-state index is -0.175. The van der Waals surface area contributed by atoms with Crippen LogP contribution >= 0.6 is 0 Å². The Morgan fingerprint density at radius 2 is 2.11 bits per heavy atom. The SMILES string of the molecule is COc1cccc(CN2CCC(n3cc(C(=O)NCC(C)C)nn3)CC2)c1O. The third-order valence-corrected chi connectivity index (χ3v) is 5.04. The molecule has 0 radical (unpaired) electrons. The van der Waals surface area contributed by atoms with Crippen molar-refractivity contribution in [1.29, 1.82) is 0 Å². The van der Waals surface area contributed by atoms with E-state index in [0.29, 0.717) is 30.5 Å². The topological polar surface area (TPSA) is 92.5 Å². The molecule has 8 nitrogen and oxygen atoms in total.